The third-order valence-electron chi connectivity index (χ3n) is 4.76. The molecular formula is C19H23ClN8O2. The molecule has 11 heteroatoms. The Hall–Kier alpha value is -3.24. The zero-order valence-corrected chi connectivity index (χ0v) is 17.0. The van der Waals surface area contributed by atoms with Crippen molar-refractivity contribution in [2.75, 3.05) is 25.0 Å². The molecule has 4 rings (SSSR count). The zero-order chi connectivity index (χ0) is 20.1. The van der Waals surface area contributed by atoms with Gasteiger partial charge in [-0.15, -0.1) is 17.5 Å². The van der Waals surface area contributed by atoms with Crippen molar-refractivity contribution < 1.29 is 9.59 Å². The van der Waals surface area contributed by atoms with Crippen LogP contribution >= 0.6 is 12.4 Å². The fraction of sp³-hybridized carbons (Fsp3) is 0.316. The fourth-order valence-corrected chi connectivity index (χ4v) is 3.21. The molecule has 0 aliphatic carbocycles. The number of halogens is 1. The molecule has 1 fully saturated rings. The molecule has 0 bridgehead atoms. The summed E-state index contributed by atoms with van der Waals surface area (Å²) in [6.45, 7) is 1.70. The van der Waals surface area contributed by atoms with Gasteiger partial charge in [0, 0.05) is 18.1 Å². The van der Waals surface area contributed by atoms with Crippen LogP contribution in [0.25, 0.3) is 5.69 Å². The molecule has 0 saturated carbocycles. The molecule has 0 radical (unpaired) electrons. The number of rotatable bonds is 6. The summed E-state index contributed by atoms with van der Waals surface area (Å²) < 4.78 is 3.46. The molecule has 3 heterocycles. The summed E-state index contributed by atoms with van der Waals surface area (Å²) in [6, 6.07) is 9.34. The lowest BCUT2D eigenvalue weighted by molar-refractivity contribution is -0.115. The Balaban J connectivity index is 0.00000256. The maximum Gasteiger partial charge on any atom is 0.273 e. The lowest BCUT2D eigenvalue weighted by Gasteiger charge is -2.22. The van der Waals surface area contributed by atoms with Gasteiger partial charge in [-0.1, -0.05) is 5.21 Å². The maximum atomic E-state index is 12.2. The first-order valence-corrected chi connectivity index (χ1v) is 9.50. The van der Waals surface area contributed by atoms with Crippen molar-refractivity contribution in [2.24, 2.45) is 0 Å². The second kappa shape index (κ2) is 9.99. The van der Waals surface area contributed by atoms with Gasteiger partial charge in [-0.25, -0.2) is 9.36 Å². The number of aromatic nitrogens is 5. The molecule has 0 atom stereocenters. The first-order valence-electron chi connectivity index (χ1n) is 9.50. The van der Waals surface area contributed by atoms with Crippen LogP contribution in [0.5, 0.6) is 0 Å². The Morgan fingerprint density at radius 1 is 1.17 bits per heavy atom. The van der Waals surface area contributed by atoms with Crippen LogP contribution < -0.4 is 16.0 Å². The fourth-order valence-electron chi connectivity index (χ4n) is 3.21. The van der Waals surface area contributed by atoms with Crippen LogP contribution in [0, 0.1) is 0 Å². The van der Waals surface area contributed by atoms with E-state index in [9.17, 15) is 9.59 Å². The highest BCUT2D eigenvalue weighted by molar-refractivity contribution is 5.98. The largest absolute Gasteiger partial charge is 0.342 e. The Morgan fingerprint density at radius 3 is 2.63 bits per heavy atom. The molecule has 0 spiro atoms. The monoisotopic (exact) mass is 430 g/mol. The van der Waals surface area contributed by atoms with E-state index in [0.717, 1.165) is 31.6 Å². The average molecular weight is 431 g/mol. The average Bonchev–Trinajstić information content (AvgIpc) is 3.46. The molecule has 2 aromatic heterocycles. The number of anilines is 1. The van der Waals surface area contributed by atoms with Gasteiger partial charge in [0.2, 0.25) is 5.91 Å². The number of amides is 2. The highest BCUT2D eigenvalue weighted by Crippen LogP contribution is 2.17. The Kier molecular flexibility index (Phi) is 7.15. The number of benzene rings is 1. The van der Waals surface area contributed by atoms with Gasteiger partial charge in [-0.2, -0.15) is 5.10 Å². The van der Waals surface area contributed by atoms with Crippen LogP contribution in [-0.4, -0.2) is 56.2 Å². The van der Waals surface area contributed by atoms with Crippen molar-refractivity contribution in [3.8, 4) is 5.69 Å². The second-order valence-corrected chi connectivity index (χ2v) is 6.79. The summed E-state index contributed by atoms with van der Waals surface area (Å²) in [7, 11) is 0. The molecule has 3 N–H and O–H groups in total. The van der Waals surface area contributed by atoms with Gasteiger partial charge in [-0.05, 0) is 56.3 Å². The van der Waals surface area contributed by atoms with E-state index in [1.807, 2.05) is 24.4 Å². The van der Waals surface area contributed by atoms with E-state index in [2.05, 4.69) is 31.4 Å². The van der Waals surface area contributed by atoms with Crippen LogP contribution in [0.3, 0.4) is 0 Å². The zero-order valence-electron chi connectivity index (χ0n) is 16.2. The Bertz CT molecular complexity index is 965. The van der Waals surface area contributed by atoms with Gasteiger partial charge in [0.25, 0.3) is 5.91 Å². The molecule has 10 nitrogen and oxygen atoms in total. The topological polar surface area (TPSA) is 119 Å². The summed E-state index contributed by atoms with van der Waals surface area (Å²) in [4.78, 5) is 24.4. The smallest absolute Gasteiger partial charge is 0.273 e. The van der Waals surface area contributed by atoms with E-state index in [0.29, 0.717) is 5.69 Å². The third-order valence-corrected chi connectivity index (χ3v) is 4.76. The molecule has 1 aliphatic heterocycles. The van der Waals surface area contributed by atoms with E-state index in [1.165, 1.54) is 0 Å². The first kappa shape index (κ1) is 21.5. The normalized spacial score (nSPS) is 14.0. The Morgan fingerprint density at radius 2 is 1.93 bits per heavy atom. The lowest BCUT2D eigenvalue weighted by Crippen LogP contribution is -2.33. The predicted molar refractivity (Wildman–Crippen MR) is 113 cm³/mol. The van der Waals surface area contributed by atoms with E-state index in [-0.39, 0.29) is 36.6 Å². The highest BCUT2D eigenvalue weighted by atomic mass is 35.5. The van der Waals surface area contributed by atoms with Crippen LogP contribution in [0.15, 0.2) is 48.9 Å². The Labute approximate surface area is 179 Å². The summed E-state index contributed by atoms with van der Waals surface area (Å²) >= 11 is 0. The summed E-state index contributed by atoms with van der Waals surface area (Å²) in [5.41, 5.74) is 1.73. The van der Waals surface area contributed by atoms with E-state index >= 15 is 0 Å². The van der Waals surface area contributed by atoms with Crippen LogP contribution in [-0.2, 0) is 4.79 Å². The minimum Gasteiger partial charge on any atom is -0.342 e. The quantitative estimate of drug-likeness (QED) is 0.540. The van der Waals surface area contributed by atoms with Crippen molar-refractivity contribution in [1.82, 2.24) is 35.4 Å². The molecule has 2 amide bonds. The van der Waals surface area contributed by atoms with E-state index in [4.69, 9.17) is 0 Å². The number of piperidine rings is 1. The number of carbonyl (C=O) groups is 2. The van der Waals surface area contributed by atoms with Crippen molar-refractivity contribution in [1.29, 1.82) is 0 Å². The lowest BCUT2D eigenvalue weighted by atomic mass is 10.1. The number of hydrogen-bond donors (Lipinski definition) is 3. The first-order chi connectivity index (χ1) is 14.2. The van der Waals surface area contributed by atoms with Crippen molar-refractivity contribution in [2.45, 2.75) is 18.9 Å². The van der Waals surface area contributed by atoms with Gasteiger partial charge >= 0.3 is 0 Å². The van der Waals surface area contributed by atoms with Crippen molar-refractivity contribution in [3.05, 3.63) is 54.6 Å². The molecule has 1 aliphatic rings. The number of carbonyl (C=O) groups excluding carboxylic acids is 2. The van der Waals surface area contributed by atoms with Crippen LogP contribution in [0.1, 0.15) is 29.4 Å². The molecule has 3 aromatic rings. The number of nitrogens with zero attached hydrogens (tertiary/aromatic N) is 5. The number of hydrogen-bond acceptors (Lipinski definition) is 6. The maximum absolute atomic E-state index is 12.2. The summed E-state index contributed by atoms with van der Waals surface area (Å²) in [5, 5.41) is 20.7. The van der Waals surface area contributed by atoms with Crippen molar-refractivity contribution in [3.63, 3.8) is 0 Å². The van der Waals surface area contributed by atoms with E-state index < -0.39 is 5.91 Å². The highest BCUT2D eigenvalue weighted by Gasteiger charge is 2.19. The molecular weight excluding hydrogens is 408 g/mol. The minimum absolute atomic E-state index is 0. The molecule has 0 unspecified atom stereocenters. The van der Waals surface area contributed by atoms with Gasteiger partial charge < -0.3 is 16.0 Å². The molecule has 30 heavy (non-hydrogen) atoms. The standard InChI is InChI=1S/C19H22N8O2.ClH/c28-18(23-14-2-4-15(5-3-14)26-11-1-8-22-26)12-21-19(29)17-13-27(25-24-17)16-6-9-20-10-7-16;/h1-5,8,11,13,16,20H,6-7,9-10,12H2,(H,21,29)(H,23,28);1H. The van der Waals surface area contributed by atoms with Gasteiger partial charge in [0.1, 0.15) is 0 Å². The molecule has 1 aromatic carbocycles. The van der Waals surface area contributed by atoms with Gasteiger partial charge in [0.15, 0.2) is 5.69 Å². The predicted octanol–water partition coefficient (Wildman–Crippen LogP) is 1.18. The van der Waals surface area contributed by atoms with Gasteiger partial charge in [0.05, 0.1) is 24.5 Å². The van der Waals surface area contributed by atoms with Crippen molar-refractivity contribution >= 4 is 29.9 Å². The number of nitrogens with one attached hydrogen (secondary N) is 3. The van der Waals surface area contributed by atoms with Gasteiger partial charge in [-0.3, -0.25) is 9.59 Å². The van der Waals surface area contributed by atoms with Crippen LogP contribution in [0.4, 0.5) is 5.69 Å². The van der Waals surface area contributed by atoms with E-state index in [1.54, 1.807) is 33.9 Å². The molecule has 158 valence electrons. The third kappa shape index (κ3) is 5.22. The minimum atomic E-state index is -0.422. The molecule has 1 saturated heterocycles. The SMILES string of the molecule is Cl.O=C(CNC(=O)c1cn(C2CCNCC2)nn1)Nc1ccc(-n2cccn2)cc1. The summed E-state index contributed by atoms with van der Waals surface area (Å²) in [6.07, 6.45) is 7.07. The second-order valence-electron chi connectivity index (χ2n) is 6.79. The van der Waals surface area contributed by atoms with Crippen LogP contribution in [0.2, 0.25) is 0 Å². The summed E-state index contributed by atoms with van der Waals surface area (Å²) in [5.74, 6) is -0.745.